The first kappa shape index (κ1) is 15.4. The normalized spacial score (nSPS) is 22.7. The number of carbonyl (C=O) groups is 1. The number of thiophene rings is 2. The van der Waals surface area contributed by atoms with Crippen molar-refractivity contribution in [3.63, 3.8) is 0 Å². The van der Waals surface area contributed by atoms with Gasteiger partial charge in [0.15, 0.2) is 5.78 Å². The van der Waals surface area contributed by atoms with E-state index in [1.165, 1.54) is 24.4 Å². The largest absolute Gasteiger partial charge is 0.330 e. The van der Waals surface area contributed by atoms with Gasteiger partial charge in [-0.25, -0.2) is 0 Å². The highest BCUT2D eigenvalue weighted by molar-refractivity contribution is 7.13. The van der Waals surface area contributed by atoms with Crippen molar-refractivity contribution in [2.45, 2.75) is 13.8 Å². The third-order valence-electron chi connectivity index (χ3n) is 3.72. The van der Waals surface area contributed by atoms with Crippen LogP contribution in [-0.2, 0) is 4.79 Å². The predicted molar refractivity (Wildman–Crippen MR) is 95.7 cm³/mol. The van der Waals surface area contributed by atoms with E-state index >= 15 is 0 Å². The van der Waals surface area contributed by atoms with Gasteiger partial charge >= 0.3 is 0 Å². The molecule has 0 radical (unpaired) electrons. The van der Waals surface area contributed by atoms with Crippen LogP contribution in [0.3, 0.4) is 0 Å². The zero-order valence-corrected chi connectivity index (χ0v) is 14.7. The van der Waals surface area contributed by atoms with E-state index in [-0.39, 0.29) is 5.78 Å². The molecule has 1 fully saturated rings. The van der Waals surface area contributed by atoms with Gasteiger partial charge in [0, 0.05) is 19.5 Å². The van der Waals surface area contributed by atoms with Gasteiger partial charge in [0.2, 0.25) is 0 Å². The second-order valence-electron chi connectivity index (χ2n) is 5.88. The van der Waals surface area contributed by atoms with Crippen LogP contribution in [0.1, 0.15) is 19.5 Å². The Bertz CT molecular complexity index is 701. The maximum absolute atomic E-state index is 12.8. The Morgan fingerprint density at radius 1 is 0.909 bits per heavy atom. The van der Waals surface area contributed by atoms with Gasteiger partial charge in [-0.1, -0.05) is 0 Å². The van der Waals surface area contributed by atoms with Crippen LogP contribution < -0.4 is 4.90 Å². The topological polar surface area (TPSA) is 21.5 Å². The molecule has 0 saturated carbocycles. The smallest absolute Gasteiger partial charge is 0.196 e. The average molecular weight is 330 g/mol. The highest BCUT2D eigenvalue weighted by Gasteiger charge is 2.27. The Morgan fingerprint density at radius 2 is 1.36 bits per heavy atom. The summed E-state index contributed by atoms with van der Waals surface area (Å²) in [6, 6.07) is 8.39. The van der Waals surface area contributed by atoms with E-state index in [1.807, 2.05) is 0 Å². The molecule has 1 aliphatic heterocycles. The minimum Gasteiger partial charge on any atom is -0.330 e. The second kappa shape index (κ2) is 6.32. The van der Waals surface area contributed by atoms with Crippen molar-refractivity contribution >= 4 is 40.6 Å². The van der Waals surface area contributed by atoms with Gasteiger partial charge in [-0.05, 0) is 50.3 Å². The van der Waals surface area contributed by atoms with Crippen molar-refractivity contribution in [1.82, 2.24) is 0 Å². The summed E-state index contributed by atoms with van der Waals surface area (Å²) in [5, 5.41) is 0. The third-order valence-corrected chi connectivity index (χ3v) is 5.62. The van der Waals surface area contributed by atoms with Crippen LogP contribution in [0, 0.1) is 13.8 Å². The van der Waals surface area contributed by atoms with Gasteiger partial charge in [-0.15, -0.1) is 22.7 Å². The molecule has 22 heavy (non-hydrogen) atoms. The molecule has 2 aromatic heterocycles. The summed E-state index contributed by atoms with van der Waals surface area (Å²) in [5.41, 5.74) is 1.84. The van der Waals surface area contributed by atoms with Crippen molar-refractivity contribution in [1.29, 1.82) is 0 Å². The Morgan fingerprint density at radius 3 is 1.73 bits per heavy atom. The Hall–Kier alpha value is -1.49. The SMILES string of the molecule is Cc1ccc(/C=C2/C[NH+](C)C/C(=C/c3ccc(C)s3)C2=O)s1. The van der Waals surface area contributed by atoms with Gasteiger partial charge in [0.05, 0.1) is 18.2 Å². The van der Waals surface area contributed by atoms with Crippen molar-refractivity contribution in [3.05, 3.63) is 54.9 Å². The number of rotatable bonds is 2. The Kier molecular flexibility index (Phi) is 4.43. The standard InChI is InChI=1S/C18H19NOS2/c1-12-4-6-16(21-12)8-14-10-19(3)11-15(18(14)20)9-17-7-5-13(2)22-17/h4-9H,10-11H2,1-3H3/p+1/b14-8-,15-9-. The van der Waals surface area contributed by atoms with Crippen molar-refractivity contribution in [3.8, 4) is 0 Å². The van der Waals surface area contributed by atoms with E-state index in [1.54, 1.807) is 22.7 Å². The minimum atomic E-state index is 0.211. The number of ketones is 1. The predicted octanol–water partition coefficient (Wildman–Crippen LogP) is 2.99. The number of aryl methyl sites for hydroxylation is 2. The quantitative estimate of drug-likeness (QED) is 0.840. The molecule has 1 N–H and O–H groups in total. The van der Waals surface area contributed by atoms with Gasteiger partial charge in [-0.3, -0.25) is 4.79 Å². The van der Waals surface area contributed by atoms with Gasteiger partial charge in [0.1, 0.15) is 13.1 Å². The molecule has 0 amide bonds. The number of piperidine rings is 1. The molecule has 4 heteroatoms. The molecule has 0 spiro atoms. The summed E-state index contributed by atoms with van der Waals surface area (Å²) in [6.45, 7) is 5.79. The summed E-state index contributed by atoms with van der Waals surface area (Å²) >= 11 is 3.48. The first-order valence-electron chi connectivity index (χ1n) is 7.41. The second-order valence-corrected chi connectivity index (χ2v) is 8.51. The van der Waals surface area contributed by atoms with E-state index < -0.39 is 0 Å². The van der Waals surface area contributed by atoms with E-state index in [2.05, 4.69) is 57.3 Å². The molecule has 114 valence electrons. The molecule has 1 saturated heterocycles. The molecule has 3 heterocycles. The van der Waals surface area contributed by atoms with Crippen molar-refractivity contribution < 1.29 is 9.69 Å². The van der Waals surface area contributed by atoms with Gasteiger partial charge in [-0.2, -0.15) is 0 Å². The van der Waals surface area contributed by atoms with Crippen LogP contribution in [0.5, 0.6) is 0 Å². The lowest BCUT2D eigenvalue weighted by Crippen LogP contribution is -3.10. The fraction of sp³-hybridized carbons (Fsp3) is 0.278. The molecule has 0 atom stereocenters. The third kappa shape index (κ3) is 3.46. The summed E-state index contributed by atoms with van der Waals surface area (Å²) in [6.07, 6.45) is 4.13. The first-order chi connectivity index (χ1) is 10.5. The zero-order chi connectivity index (χ0) is 15.7. The molecule has 2 aromatic rings. The fourth-order valence-corrected chi connectivity index (χ4v) is 4.41. The number of nitrogens with one attached hydrogen (secondary N) is 1. The molecule has 0 aromatic carbocycles. The highest BCUT2D eigenvalue weighted by atomic mass is 32.1. The highest BCUT2D eigenvalue weighted by Crippen LogP contribution is 2.23. The average Bonchev–Trinajstić information content (AvgIpc) is 3.04. The van der Waals surface area contributed by atoms with Crippen LogP contribution >= 0.6 is 22.7 Å². The fourth-order valence-electron chi connectivity index (χ4n) is 2.72. The number of hydrogen-bond acceptors (Lipinski definition) is 3. The van der Waals surface area contributed by atoms with Crippen LogP contribution in [0.25, 0.3) is 12.2 Å². The molecular weight excluding hydrogens is 310 g/mol. The van der Waals surface area contributed by atoms with Crippen LogP contribution in [0.15, 0.2) is 35.4 Å². The van der Waals surface area contributed by atoms with E-state index in [9.17, 15) is 4.79 Å². The molecule has 0 aliphatic carbocycles. The van der Waals surface area contributed by atoms with Crippen LogP contribution in [-0.4, -0.2) is 25.9 Å². The molecule has 1 aliphatic rings. The van der Waals surface area contributed by atoms with Crippen LogP contribution in [0.4, 0.5) is 0 Å². The summed E-state index contributed by atoms with van der Waals surface area (Å²) in [7, 11) is 2.15. The minimum absolute atomic E-state index is 0.211. The van der Waals surface area contributed by atoms with E-state index in [4.69, 9.17) is 0 Å². The molecule has 0 bridgehead atoms. The number of likely N-dealkylation sites (tertiary alicyclic amines) is 1. The Labute approximate surface area is 139 Å². The van der Waals surface area contributed by atoms with E-state index in [0.717, 1.165) is 24.2 Å². The molecular formula is C18H20NOS2+. The summed E-state index contributed by atoms with van der Waals surface area (Å²) < 4.78 is 0. The number of quaternary nitrogens is 1. The number of Topliss-reactive ketones (excluding diaryl/α,β-unsaturated/α-hetero) is 1. The van der Waals surface area contributed by atoms with Crippen LogP contribution in [0.2, 0.25) is 0 Å². The zero-order valence-electron chi connectivity index (χ0n) is 13.1. The molecule has 2 nitrogen and oxygen atoms in total. The number of likely N-dealkylation sites (N-methyl/N-ethyl adjacent to an activating group) is 1. The number of carbonyl (C=O) groups excluding carboxylic acids is 1. The van der Waals surface area contributed by atoms with Gasteiger partial charge in [0.25, 0.3) is 0 Å². The number of hydrogen-bond donors (Lipinski definition) is 1. The van der Waals surface area contributed by atoms with Crippen molar-refractivity contribution in [2.24, 2.45) is 0 Å². The monoisotopic (exact) mass is 330 g/mol. The summed E-state index contributed by atoms with van der Waals surface area (Å²) in [5.74, 6) is 0.211. The summed E-state index contributed by atoms with van der Waals surface area (Å²) in [4.78, 5) is 19.0. The lowest BCUT2D eigenvalue weighted by atomic mass is 9.97. The maximum atomic E-state index is 12.8. The first-order valence-corrected chi connectivity index (χ1v) is 9.04. The van der Waals surface area contributed by atoms with E-state index in [0.29, 0.717) is 0 Å². The Balaban J connectivity index is 1.91. The lowest BCUT2D eigenvalue weighted by molar-refractivity contribution is -0.870. The van der Waals surface area contributed by atoms with Gasteiger partial charge < -0.3 is 4.90 Å². The lowest BCUT2D eigenvalue weighted by Gasteiger charge is -2.23. The molecule has 0 unspecified atom stereocenters. The molecule has 3 rings (SSSR count). The van der Waals surface area contributed by atoms with Crippen molar-refractivity contribution in [2.75, 3.05) is 20.1 Å². The maximum Gasteiger partial charge on any atom is 0.196 e.